The van der Waals surface area contributed by atoms with Crippen molar-refractivity contribution in [1.82, 2.24) is 0 Å². The maximum absolute atomic E-state index is 5.23. The van der Waals surface area contributed by atoms with Gasteiger partial charge in [0.15, 0.2) is 5.96 Å². The number of unbranched alkanes of at least 4 members (excludes halogenated alkanes) is 2. The van der Waals surface area contributed by atoms with Crippen molar-refractivity contribution in [3.63, 3.8) is 0 Å². The van der Waals surface area contributed by atoms with Crippen LogP contribution in [0.3, 0.4) is 0 Å². The van der Waals surface area contributed by atoms with Crippen LogP contribution in [0.15, 0.2) is 4.99 Å². The highest BCUT2D eigenvalue weighted by atomic mass is 15.0. The summed E-state index contributed by atoms with van der Waals surface area (Å²) in [5.74, 6) is 0.203. The van der Waals surface area contributed by atoms with Crippen LogP contribution in [0.25, 0.3) is 0 Å². The number of hydrogen-bond donors (Lipinski definition) is 2. The van der Waals surface area contributed by atoms with E-state index in [0.29, 0.717) is 0 Å². The van der Waals surface area contributed by atoms with E-state index in [-0.39, 0.29) is 12.0 Å². The molecule has 0 radical (unpaired) electrons. The minimum atomic E-state index is 0.203. The number of nitrogens with two attached hydrogens (primary N) is 2. The van der Waals surface area contributed by atoms with Gasteiger partial charge in [-0.25, -0.2) is 0 Å². The van der Waals surface area contributed by atoms with Crippen LogP contribution in [0, 0.1) is 0 Å². The normalized spacial score (nSPS) is 12.5. The van der Waals surface area contributed by atoms with Gasteiger partial charge in [0.05, 0.1) is 6.04 Å². The molecule has 3 heteroatoms. The van der Waals surface area contributed by atoms with E-state index in [9.17, 15) is 0 Å². The van der Waals surface area contributed by atoms with E-state index in [1.54, 1.807) is 0 Å². The summed E-state index contributed by atoms with van der Waals surface area (Å²) < 4.78 is 0. The minimum Gasteiger partial charge on any atom is -0.370 e. The SMILES string of the molecule is CCCCCC(C)N=C(N)N. The molecule has 3 nitrogen and oxygen atoms in total. The predicted molar refractivity (Wildman–Crippen MR) is 49.4 cm³/mol. The summed E-state index contributed by atoms with van der Waals surface area (Å²) in [6.07, 6.45) is 4.82. The minimum absolute atomic E-state index is 0.203. The lowest BCUT2D eigenvalue weighted by molar-refractivity contribution is 0.593. The third kappa shape index (κ3) is 7.16. The molecule has 0 heterocycles. The maximum Gasteiger partial charge on any atom is 0.186 e. The standard InChI is InChI=1S/C8H19N3/c1-3-4-5-6-7(2)11-8(9)10/h7H,3-6H2,1-2H3,(H4,9,10,11). The Balaban J connectivity index is 3.37. The molecular formula is C8H19N3. The van der Waals surface area contributed by atoms with Crippen molar-refractivity contribution < 1.29 is 0 Å². The molecule has 0 aromatic carbocycles. The van der Waals surface area contributed by atoms with Gasteiger partial charge in [-0.15, -0.1) is 0 Å². The molecule has 1 unspecified atom stereocenters. The van der Waals surface area contributed by atoms with Crippen LogP contribution in [-0.2, 0) is 0 Å². The highest BCUT2D eigenvalue weighted by Gasteiger charge is 1.97. The van der Waals surface area contributed by atoms with Gasteiger partial charge in [-0.05, 0) is 13.3 Å². The van der Waals surface area contributed by atoms with Gasteiger partial charge < -0.3 is 11.5 Å². The fourth-order valence-electron chi connectivity index (χ4n) is 1.01. The summed E-state index contributed by atoms with van der Waals surface area (Å²) in [6, 6.07) is 0.284. The van der Waals surface area contributed by atoms with E-state index in [1.807, 2.05) is 6.92 Å². The predicted octanol–water partition coefficient (Wildman–Crippen LogP) is 1.23. The Morgan fingerprint density at radius 2 is 2.00 bits per heavy atom. The second kappa shape index (κ2) is 6.01. The Morgan fingerprint density at radius 3 is 2.45 bits per heavy atom. The molecule has 0 aromatic heterocycles. The molecule has 66 valence electrons. The van der Waals surface area contributed by atoms with Crippen molar-refractivity contribution in [2.24, 2.45) is 16.5 Å². The van der Waals surface area contributed by atoms with Gasteiger partial charge in [-0.2, -0.15) is 0 Å². The van der Waals surface area contributed by atoms with Gasteiger partial charge >= 0.3 is 0 Å². The van der Waals surface area contributed by atoms with Crippen molar-refractivity contribution in [3.05, 3.63) is 0 Å². The van der Waals surface area contributed by atoms with E-state index in [2.05, 4.69) is 11.9 Å². The third-order valence-electron chi connectivity index (χ3n) is 1.59. The summed E-state index contributed by atoms with van der Waals surface area (Å²) in [4.78, 5) is 4.02. The molecule has 0 spiro atoms. The van der Waals surface area contributed by atoms with E-state index in [4.69, 9.17) is 11.5 Å². The Bertz CT molecular complexity index is 117. The molecule has 1 atom stereocenters. The lowest BCUT2D eigenvalue weighted by Gasteiger charge is -2.04. The molecule has 0 aliphatic carbocycles. The maximum atomic E-state index is 5.23. The zero-order valence-electron chi connectivity index (χ0n) is 7.51. The van der Waals surface area contributed by atoms with E-state index in [0.717, 1.165) is 6.42 Å². The van der Waals surface area contributed by atoms with Gasteiger partial charge in [0.1, 0.15) is 0 Å². The van der Waals surface area contributed by atoms with E-state index in [1.165, 1.54) is 19.3 Å². The number of guanidine groups is 1. The number of rotatable bonds is 5. The van der Waals surface area contributed by atoms with Crippen molar-refractivity contribution >= 4 is 5.96 Å². The Labute approximate surface area is 68.9 Å². The van der Waals surface area contributed by atoms with Gasteiger partial charge in [-0.3, -0.25) is 4.99 Å². The first-order valence-corrected chi connectivity index (χ1v) is 4.25. The molecule has 0 aliphatic rings. The molecule has 0 saturated heterocycles. The Kier molecular flexibility index (Phi) is 5.61. The van der Waals surface area contributed by atoms with Crippen LogP contribution in [0.5, 0.6) is 0 Å². The van der Waals surface area contributed by atoms with Crippen LogP contribution in [0.2, 0.25) is 0 Å². The van der Waals surface area contributed by atoms with E-state index < -0.39 is 0 Å². The fraction of sp³-hybridized carbons (Fsp3) is 0.875. The number of hydrogen-bond acceptors (Lipinski definition) is 1. The topological polar surface area (TPSA) is 64.4 Å². The van der Waals surface area contributed by atoms with Crippen molar-refractivity contribution in [3.8, 4) is 0 Å². The first kappa shape index (κ1) is 10.3. The van der Waals surface area contributed by atoms with Crippen molar-refractivity contribution in [2.45, 2.75) is 45.6 Å². The first-order valence-electron chi connectivity index (χ1n) is 4.25. The fourth-order valence-corrected chi connectivity index (χ4v) is 1.01. The van der Waals surface area contributed by atoms with Crippen molar-refractivity contribution in [1.29, 1.82) is 0 Å². The van der Waals surface area contributed by atoms with Gasteiger partial charge in [0.25, 0.3) is 0 Å². The quantitative estimate of drug-likeness (QED) is 0.358. The number of aliphatic imine (C=N–C) groups is 1. The zero-order chi connectivity index (χ0) is 8.69. The van der Waals surface area contributed by atoms with E-state index >= 15 is 0 Å². The smallest absolute Gasteiger partial charge is 0.186 e. The summed E-state index contributed by atoms with van der Waals surface area (Å²) >= 11 is 0. The lowest BCUT2D eigenvalue weighted by Crippen LogP contribution is -2.24. The Hall–Kier alpha value is -0.730. The molecule has 4 N–H and O–H groups in total. The monoisotopic (exact) mass is 157 g/mol. The molecular weight excluding hydrogens is 138 g/mol. The van der Waals surface area contributed by atoms with Gasteiger partial charge in [-0.1, -0.05) is 26.2 Å². The summed E-state index contributed by atoms with van der Waals surface area (Å²) in [5.41, 5.74) is 10.5. The van der Waals surface area contributed by atoms with Crippen molar-refractivity contribution in [2.75, 3.05) is 0 Å². The summed E-state index contributed by atoms with van der Waals surface area (Å²) in [5, 5.41) is 0. The lowest BCUT2D eigenvalue weighted by atomic mass is 10.1. The summed E-state index contributed by atoms with van der Waals surface area (Å²) in [7, 11) is 0. The second-order valence-electron chi connectivity index (χ2n) is 2.90. The highest BCUT2D eigenvalue weighted by Crippen LogP contribution is 2.04. The second-order valence-corrected chi connectivity index (χ2v) is 2.90. The average Bonchev–Trinajstić information content (AvgIpc) is 1.86. The number of nitrogens with zero attached hydrogens (tertiary/aromatic N) is 1. The molecule has 0 aliphatic heterocycles. The largest absolute Gasteiger partial charge is 0.370 e. The van der Waals surface area contributed by atoms with Crippen LogP contribution in [0.1, 0.15) is 39.5 Å². The average molecular weight is 157 g/mol. The molecule has 11 heavy (non-hydrogen) atoms. The summed E-state index contributed by atoms with van der Waals surface area (Å²) in [6.45, 7) is 4.22. The van der Waals surface area contributed by atoms with Gasteiger partial charge in [0.2, 0.25) is 0 Å². The van der Waals surface area contributed by atoms with Crippen LogP contribution in [0.4, 0.5) is 0 Å². The van der Waals surface area contributed by atoms with Gasteiger partial charge in [0, 0.05) is 0 Å². The third-order valence-corrected chi connectivity index (χ3v) is 1.59. The molecule has 0 bridgehead atoms. The zero-order valence-corrected chi connectivity index (χ0v) is 7.51. The molecule has 0 saturated carbocycles. The Morgan fingerprint density at radius 1 is 1.36 bits per heavy atom. The molecule has 0 amide bonds. The van der Waals surface area contributed by atoms with Crippen LogP contribution in [-0.4, -0.2) is 12.0 Å². The molecule has 0 aromatic rings. The highest BCUT2D eigenvalue weighted by molar-refractivity contribution is 5.75. The molecule has 0 rings (SSSR count). The van der Waals surface area contributed by atoms with Crippen LogP contribution < -0.4 is 11.5 Å². The molecule has 0 fully saturated rings. The first-order chi connectivity index (χ1) is 5.16. The van der Waals surface area contributed by atoms with Crippen LogP contribution >= 0.6 is 0 Å².